The smallest absolute Gasteiger partial charge is 0.252 e. The summed E-state index contributed by atoms with van der Waals surface area (Å²) in [4.78, 5) is 14.9. The van der Waals surface area contributed by atoms with Crippen LogP contribution >= 0.6 is 15.9 Å². The molecule has 24 heavy (non-hydrogen) atoms. The van der Waals surface area contributed by atoms with Crippen molar-refractivity contribution in [2.24, 2.45) is 0 Å². The van der Waals surface area contributed by atoms with Crippen LogP contribution in [0.1, 0.15) is 29.8 Å². The Kier molecular flexibility index (Phi) is 7.47. The Hall–Kier alpha value is -1.65. The van der Waals surface area contributed by atoms with Crippen LogP contribution in [-0.2, 0) is 6.42 Å². The lowest BCUT2D eigenvalue weighted by atomic mass is 10.0. The highest BCUT2D eigenvalue weighted by Crippen LogP contribution is 2.16. The van der Waals surface area contributed by atoms with Gasteiger partial charge in [-0.1, -0.05) is 56.3 Å². The van der Waals surface area contributed by atoms with Gasteiger partial charge in [-0.05, 0) is 53.1 Å². The highest BCUT2D eigenvalue weighted by molar-refractivity contribution is 9.10. The molecular weight excluding hydrogens is 364 g/mol. The maximum absolute atomic E-state index is 12.5. The van der Waals surface area contributed by atoms with Gasteiger partial charge in [0.1, 0.15) is 0 Å². The molecule has 2 aromatic carbocycles. The number of amides is 1. The van der Waals surface area contributed by atoms with E-state index in [4.69, 9.17) is 0 Å². The predicted octanol–water partition coefficient (Wildman–Crippen LogP) is 4.13. The Balaban J connectivity index is 2.05. The molecule has 0 aliphatic carbocycles. The van der Waals surface area contributed by atoms with Gasteiger partial charge in [0.15, 0.2) is 0 Å². The molecule has 4 heteroatoms. The van der Waals surface area contributed by atoms with Crippen LogP contribution in [0.5, 0.6) is 0 Å². The van der Waals surface area contributed by atoms with Gasteiger partial charge in [-0.2, -0.15) is 0 Å². The van der Waals surface area contributed by atoms with Crippen LogP contribution in [0, 0.1) is 0 Å². The van der Waals surface area contributed by atoms with Crippen molar-refractivity contribution in [3.05, 3.63) is 70.2 Å². The maximum atomic E-state index is 12.5. The van der Waals surface area contributed by atoms with Gasteiger partial charge in [0.05, 0.1) is 5.56 Å². The van der Waals surface area contributed by atoms with E-state index >= 15 is 0 Å². The van der Waals surface area contributed by atoms with E-state index in [2.05, 4.69) is 64.3 Å². The van der Waals surface area contributed by atoms with Gasteiger partial charge in [0.2, 0.25) is 0 Å². The number of halogens is 1. The summed E-state index contributed by atoms with van der Waals surface area (Å²) in [6, 6.07) is 18.3. The molecular formula is C20H25BrN2O. The molecule has 128 valence electrons. The Morgan fingerprint density at radius 3 is 2.29 bits per heavy atom. The molecule has 0 bridgehead atoms. The summed E-state index contributed by atoms with van der Waals surface area (Å²) >= 11 is 3.44. The van der Waals surface area contributed by atoms with Crippen LogP contribution in [0.25, 0.3) is 0 Å². The first-order chi connectivity index (χ1) is 11.7. The first-order valence-corrected chi connectivity index (χ1v) is 9.25. The lowest BCUT2D eigenvalue weighted by Crippen LogP contribution is -2.45. The quantitative estimate of drug-likeness (QED) is 0.736. The molecule has 1 atom stereocenters. The molecule has 0 fully saturated rings. The van der Waals surface area contributed by atoms with E-state index in [1.165, 1.54) is 5.56 Å². The third-order valence-corrected chi connectivity index (χ3v) is 4.95. The van der Waals surface area contributed by atoms with Gasteiger partial charge in [-0.25, -0.2) is 0 Å². The highest BCUT2D eigenvalue weighted by Gasteiger charge is 2.18. The van der Waals surface area contributed by atoms with E-state index in [0.717, 1.165) is 24.0 Å². The van der Waals surface area contributed by atoms with E-state index < -0.39 is 0 Å². The van der Waals surface area contributed by atoms with Crippen molar-refractivity contribution in [3.8, 4) is 0 Å². The number of carbonyl (C=O) groups is 1. The Morgan fingerprint density at radius 1 is 1.04 bits per heavy atom. The van der Waals surface area contributed by atoms with Crippen LogP contribution in [0.15, 0.2) is 59.1 Å². The molecule has 1 N–H and O–H groups in total. The van der Waals surface area contributed by atoms with E-state index in [1.807, 2.05) is 30.3 Å². The van der Waals surface area contributed by atoms with Gasteiger partial charge >= 0.3 is 0 Å². The molecule has 0 saturated heterocycles. The van der Waals surface area contributed by atoms with Gasteiger partial charge in [0.25, 0.3) is 5.91 Å². The molecule has 0 spiro atoms. The molecule has 0 saturated carbocycles. The minimum absolute atomic E-state index is 0.0345. The minimum atomic E-state index is -0.0345. The topological polar surface area (TPSA) is 32.3 Å². The molecule has 1 unspecified atom stereocenters. The van der Waals surface area contributed by atoms with Gasteiger partial charge < -0.3 is 5.32 Å². The fourth-order valence-electron chi connectivity index (χ4n) is 2.91. The second-order valence-corrected chi connectivity index (χ2v) is 6.61. The zero-order chi connectivity index (χ0) is 17.4. The van der Waals surface area contributed by atoms with E-state index in [9.17, 15) is 4.79 Å². The Labute approximate surface area is 153 Å². The van der Waals surface area contributed by atoms with Crippen LogP contribution in [-0.4, -0.2) is 36.5 Å². The number of hydrogen-bond donors (Lipinski definition) is 1. The number of likely N-dealkylation sites (N-methyl/N-ethyl adjacent to an activating group) is 1. The summed E-state index contributed by atoms with van der Waals surface area (Å²) in [6.07, 6.45) is 0.929. The van der Waals surface area contributed by atoms with Crippen LogP contribution in [0.4, 0.5) is 0 Å². The van der Waals surface area contributed by atoms with Crippen molar-refractivity contribution in [2.75, 3.05) is 19.6 Å². The van der Waals surface area contributed by atoms with Crippen molar-refractivity contribution in [2.45, 2.75) is 26.3 Å². The standard InChI is InChI=1S/C20H25BrN2O/c1-3-23(4-2)17(14-16-10-6-5-7-11-16)15-22-20(24)18-12-8-9-13-19(18)21/h5-13,17H,3-4,14-15H2,1-2H3,(H,22,24). The van der Waals surface area contributed by atoms with Crippen LogP contribution < -0.4 is 5.32 Å². The van der Waals surface area contributed by atoms with E-state index in [1.54, 1.807) is 0 Å². The van der Waals surface area contributed by atoms with Crippen molar-refractivity contribution in [1.29, 1.82) is 0 Å². The van der Waals surface area contributed by atoms with Gasteiger partial charge in [-0.3, -0.25) is 9.69 Å². The molecule has 2 rings (SSSR count). The monoisotopic (exact) mass is 388 g/mol. The largest absolute Gasteiger partial charge is 0.350 e. The average Bonchev–Trinajstić information content (AvgIpc) is 2.61. The lowest BCUT2D eigenvalue weighted by Gasteiger charge is -2.30. The summed E-state index contributed by atoms with van der Waals surface area (Å²) in [5.74, 6) is -0.0345. The first kappa shape index (κ1) is 18.7. The van der Waals surface area contributed by atoms with Crippen molar-refractivity contribution < 1.29 is 4.79 Å². The van der Waals surface area contributed by atoms with Crippen LogP contribution in [0.2, 0.25) is 0 Å². The lowest BCUT2D eigenvalue weighted by molar-refractivity contribution is 0.0934. The summed E-state index contributed by atoms with van der Waals surface area (Å²) in [5, 5.41) is 3.10. The summed E-state index contributed by atoms with van der Waals surface area (Å²) in [6.45, 7) is 6.91. The number of nitrogens with zero attached hydrogens (tertiary/aromatic N) is 1. The zero-order valence-corrected chi connectivity index (χ0v) is 15.9. The Bertz CT molecular complexity index is 641. The van der Waals surface area contributed by atoms with Crippen molar-refractivity contribution in [3.63, 3.8) is 0 Å². The van der Waals surface area contributed by atoms with Gasteiger partial charge in [0, 0.05) is 17.1 Å². The zero-order valence-electron chi connectivity index (χ0n) is 14.3. The SMILES string of the molecule is CCN(CC)C(CNC(=O)c1ccccc1Br)Cc1ccccc1. The van der Waals surface area contributed by atoms with E-state index in [-0.39, 0.29) is 11.9 Å². The molecule has 0 heterocycles. The summed E-state index contributed by atoms with van der Waals surface area (Å²) in [5.41, 5.74) is 1.97. The number of benzene rings is 2. The third kappa shape index (κ3) is 5.18. The predicted molar refractivity (Wildman–Crippen MR) is 103 cm³/mol. The molecule has 0 aliphatic rings. The Morgan fingerprint density at radius 2 is 1.67 bits per heavy atom. The summed E-state index contributed by atoms with van der Waals surface area (Å²) < 4.78 is 0.824. The highest BCUT2D eigenvalue weighted by atomic mass is 79.9. The number of carbonyl (C=O) groups excluding carboxylic acids is 1. The molecule has 3 nitrogen and oxygen atoms in total. The van der Waals surface area contributed by atoms with Crippen molar-refractivity contribution in [1.82, 2.24) is 10.2 Å². The average molecular weight is 389 g/mol. The van der Waals surface area contributed by atoms with Crippen LogP contribution in [0.3, 0.4) is 0 Å². The molecule has 0 aliphatic heterocycles. The molecule has 0 radical (unpaired) electrons. The normalized spacial score (nSPS) is 12.2. The minimum Gasteiger partial charge on any atom is -0.350 e. The number of nitrogens with one attached hydrogen (secondary N) is 1. The van der Waals surface area contributed by atoms with Crippen molar-refractivity contribution >= 4 is 21.8 Å². The maximum Gasteiger partial charge on any atom is 0.252 e. The first-order valence-electron chi connectivity index (χ1n) is 8.46. The fraction of sp³-hybridized carbons (Fsp3) is 0.350. The van der Waals surface area contributed by atoms with Gasteiger partial charge in [-0.15, -0.1) is 0 Å². The second kappa shape index (κ2) is 9.60. The van der Waals surface area contributed by atoms with E-state index in [0.29, 0.717) is 12.1 Å². The number of hydrogen-bond acceptors (Lipinski definition) is 2. The number of rotatable bonds is 8. The third-order valence-electron chi connectivity index (χ3n) is 4.26. The fourth-order valence-corrected chi connectivity index (χ4v) is 3.37. The second-order valence-electron chi connectivity index (χ2n) is 5.75. The molecule has 2 aromatic rings. The molecule has 1 amide bonds. The molecule has 0 aromatic heterocycles. The summed E-state index contributed by atoms with van der Waals surface area (Å²) in [7, 11) is 0.